The van der Waals surface area contributed by atoms with Gasteiger partial charge in [-0.25, -0.2) is 9.59 Å². The second-order valence-electron chi connectivity index (χ2n) is 6.30. The second kappa shape index (κ2) is 6.28. The Balaban J connectivity index is 2.08. The van der Waals surface area contributed by atoms with Gasteiger partial charge in [-0.05, 0) is 32.3 Å². The van der Waals surface area contributed by atoms with Gasteiger partial charge in [0.2, 0.25) is 0 Å². The van der Waals surface area contributed by atoms with E-state index in [-0.39, 0.29) is 11.1 Å². The van der Waals surface area contributed by atoms with Crippen LogP contribution in [0.2, 0.25) is 0 Å². The van der Waals surface area contributed by atoms with Crippen molar-refractivity contribution in [2.45, 2.75) is 0 Å². The number of carboxylic acids is 2. The van der Waals surface area contributed by atoms with Crippen molar-refractivity contribution in [2.24, 2.45) is 0 Å². The van der Waals surface area contributed by atoms with Crippen LogP contribution in [0, 0.1) is 0 Å². The van der Waals surface area contributed by atoms with Crippen LogP contribution in [0.25, 0.3) is 32.3 Å². The topological polar surface area (TPSA) is 109 Å². The second-order valence-corrected chi connectivity index (χ2v) is 6.30. The Morgan fingerprint density at radius 2 is 0.786 bits per heavy atom. The van der Waals surface area contributed by atoms with Crippen LogP contribution in [0.1, 0.15) is 20.7 Å². The molecule has 0 amide bonds. The van der Waals surface area contributed by atoms with Gasteiger partial charge in [0.1, 0.15) is 0 Å². The van der Waals surface area contributed by atoms with E-state index in [1.807, 2.05) is 0 Å². The molecular formula is C22H12O6. The molecule has 136 valence electrons. The van der Waals surface area contributed by atoms with Crippen LogP contribution in [0.15, 0.2) is 60.7 Å². The maximum atomic E-state index is 12.0. The molecule has 0 aliphatic heterocycles. The molecule has 4 rings (SSSR count). The van der Waals surface area contributed by atoms with Crippen molar-refractivity contribution in [1.29, 1.82) is 0 Å². The van der Waals surface area contributed by atoms with Crippen molar-refractivity contribution >= 4 is 55.8 Å². The summed E-state index contributed by atoms with van der Waals surface area (Å²) in [4.78, 5) is 46.2. The van der Waals surface area contributed by atoms with Crippen LogP contribution in [0.5, 0.6) is 0 Å². The molecule has 4 aromatic carbocycles. The lowest BCUT2D eigenvalue weighted by Crippen LogP contribution is -2.13. The first-order valence-electron chi connectivity index (χ1n) is 8.32. The first-order valence-corrected chi connectivity index (χ1v) is 8.32. The zero-order chi connectivity index (χ0) is 20.0. The summed E-state index contributed by atoms with van der Waals surface area (Å²) in [5.74, 6) is -5.02. The third kappa shape index (κ3) is 2.51. The van der Waals surface area contributed by atoms with Gasteiger partial charge in [0.05, 0.1) is 0 Å². The van der Waals surface area contributed by atoms with Gasteiger partial charge in [0, 0.05) is 11.1 Å². The number of carbonyl (C=O) groups excluding carboxylic acids is 2. The highest BCUT2D eigenvalue weighted by Crippen LogP contribution is 2.34. The third-order valence-corrected chi connectivity index (χ3v) is 4.79. The number of benzene rings is 4. The number of hydrogen-bond acceptors (Lipinski definition) is 4. The Labute approximate surface area is 157 Å². The fraction of sp³-hybridized carbons (Fsp3) is 0. The third-order valence-electron chi connectivity index (χ3n) is 4.79. The van der Waals surface area contributed by atoms with E-state index in [9.17, 15) is 19.2 Å². The summed E-state index contributed by atoms with van der Waals surface area (Å²) in [7, 11) is 0. The average molecular weight is 372 g/mol. The van der Waals surface area contributed by atoms with E-state index in [0.717, 1.165) is 10.8 Å². The number of carboxylic acid groups (broad SMARTS) is 2. The molecule has 0 spiro atoms. The molecule has 0 atom stereocenters. The van der Waals surface area contributed by atoms with Gasteiger partial charge in [0.25, 0.3) is 11.6 Å². The van der Waals surface area contributed by atoms with Gasteiger partial charge < -0.3 is 10.2 Å². The molecule has 0 saturated heterocycles. The predicted molar refractivity (Wildman–Crippen MR) is 103 cm³/mol. The van der Waals surface area contributed by atoms with Gasteiger partial charge in [-0.2, -0.15) is 0 Å². The molecule has 28 heavy (non-hydrogen) atoms. The number of fused-ring (bicyclic) bond motifs is 5. The molecule has 6 heteroatoms. The smallest absolute Gasteiger partial charge is 0.377 e. The Morgan fingerprint density at radius 3 is 1.14 bits per heavy atom. The zero-order valence-electron chi connectivity index (χ0n) is 14.3. The van der Waals surface area contributed by atoms with E-state index in [4.69, 9.17) is 10.2 Å². The molecule has 4 aromatic rings. The van der Waals surface area contributed by atoms with Crippen LogP contribution >= 0.6 is 0 Å². The largest absolute Gasteiger partial charge is 0.475 e. The molecular weight excluding hydrogens is 360 g/mol. The highest BCUT2D eigenvalue weighted by molar-refractivity contribution is 6.43. The minimum Gasteiger partial charge on any atom is -0.475 e. The lowest BCUT2D eigenvalue weighted by Gasteiger charge is -2.11. The van der Waals surface area contributed by atoms with E-state index >= 15 is 0 Å². The van der Waals surface area contributed by atoms with Crippen LogP contribution in [0.3, 0.4) is 0 Å². The fourth-order valence-electron chi connectivity index (χ4n) is 3.57. The van der Waals surface area contributed by atoms with Gasteiger partial charge in [-0.15, -0.1) is 0 Å². The zero-order valence-corrected chi connectivity index (χ0v) is 14.3. The number of Topliss-reactive ketones (excluding diaryl/α,β-unsaturated/α-hetero) is 2. The summed E-state index contributed by atoms with van der Waals surface area (Å²) < 4.78 is 0. The van der Waals surface area contributed by atoms with Crippen LogP contribution in [-0.4, -0.2) is 33.7 Å². The van der Waals surface area contributed by atoms with Crippen molar-refractivity contribution in [3.63, 3.8) is 0 Å². The van der Waals surface area contributed by atoms with Gasteiger partial charge in [0.15, 0.2) is 0 Å². The maximum Gasteiger partial charge on any atom is 0.377 e. The summed E-state index contributed by atoms with van der Waals surface area (Å²) >= 11 is 0. The first-order chi connectivity index (χ1) is 13.4. The molecule has 0 saturated carbocycles. The van der Waals surface area contributed by atoms with Crippen molar-refractivity contribution in [1.82, 2.24) is 0 Å². The molecule has 6 nitrogen and oxygen atoms in total. The van der Waals surface area contributed by atoms with E-state index in [1.54, 1.807) is 48.5 Å². The van der Waals surface area contributed by atoms with E-state index < -0.39 is 23.5 Å². The Hall–Kier alpha value is -4.06. The monoisotopic (exact) mass is 372 g/mol. The van der Waals surface area contributed by atoms with E-state index in [1.165, 1.54) is 12.1 Å². The maximum absolute atomic E-state index is 12.0. The summed E-state index contributed by atoms with van der Waals surface area (Å²) in [6, 6.07) is 16.6. The molecule has 0 heterocycles. The minimum absolute atomic E-state index is 0.0989. The summed E-state index contributed by atoms with van der Waals surface area (Å²) in [6.07, 6.45) is 0. The first kappa shape index (κ1) is 17.4. The number of aliphatic carboxylic acids is 2. The molecule has 0 aromatic heterocycles. The Bertz CT molecular complexity index is 1240. The average Bonchev–Trinajstić information content (AvgIpc) is 2.70. The van der Waals surface area contributed by atoms with Crippen LogP contribution in [0.4, 0.5) is 0 Å². The lowest BCUT2D eigenvalue weighted by atomic mass is 9.92. The van der Waals surface area contributed by atoms with Gasteiger partial charge in [-0.3, -0.25) is 9.59 Å². The van der Waals surface area contributed by atoms with Crippen molar-refractivity contribution < 1.29 is 29.4 Å². The molecule has 0 bridgehead atoms. The number of carbonyl (C=O) groups is 4. The van der Waals surface area contributed by atoms with Crippen molar-refractivity contribution in [2.75, 3.05) is 0 Å². The van der Waals surface area contributed by atoms with Crippen LogP contribution in [-0.2, 0) is 9.59 Å². The molecule has 0 aliphatic rings. The van der Waals surface area contributed by atoms with Crippen molar-refractivity contribution in [3.05, 3.63) is 71.8 Å². The minimum atomic E-state index is -1.53. The summed E-state index contributed by atoms with van der Waals surface area (Å²) in [6.45, 7) is 0. The Morgan fingerprint density at radius 1 is 0.464 bits per heavy atom. The number of ketones is 2. The van der Waals surface area contributed by atoms with E-state index in [0.29, 0.717) is 21.5 Å². The normalized spacial score (nSPS) is 11.0. The quantitative estimate of drug-likeness (QED) is 0.321. The number of rotatable bonds is 4. The Kier molecular flexibility index (Phi) is 3.89. The lowest BCUT2D eigenvalue weighted by molar-refractivity contribution is -0.132. The van der Waals surface area contributed by atoms with Crippen molar-refractivity contribution in [3.8, 4) is 0 Å². The molecule has 0 fully saturated rings. The van der Waals surface area contributed by atoms with Gasteiger partial charge in [-0.1, -0.05) is 60.7 Å². The summed E-state index contributed by atoms with van der Waals surface area (Å²) in [5.41, 5.74) is 0.198. The highest BCUT2D eigenvalue weighted by atomic mass is 16.4. The molecule has 0 aliphatic carbocycles. The molecule has 0 unspecified atom stereocenters. The molecule has 0 radical (unpaired) electrons. The van der Waals surface area contributed by atoms with Gasteiger partial charge >= 0.3 is 11.9 Å². The summed E-state index contributed by atoms with van der Waals surface area (Å²) in [5, 5.41) is 22.1. The fourth-order valence-corrected chi connectivity index (χ4v) is 3.57. The standard InChI is InChI=1S/C22H12O6/c23-19(21(25)26)17-5-1-3-11-13-7-10-16-12(14(13)8-9-15(11)17)4-2-6-18(16)20(24)22(27)28/h1-10H,(H,25,26)(H,27,28). The highest BCUT2D eigenvalue weighted by Gasteiger charge is 2.20. The number of hydrogen-bond donors (Lipinski definition) is 2. The van der Waals surface area contributed by atoms with E-state index in [2.05, 4.69) is 0 Å². The molecule has 2 N–H and O–H groups in total. The SMILES string of the molecule is O=C(O)C(=O)c1cccc2c1ccc1c3cccc(C(=O)C(=O)O)c3ccc21. The predicted octanol–water partition coefficient (Wildman–Crippen LogP) is 3.68. The van der Waals surface area contributed by atoms with Crippen LogP contribution < -0.4 is 0 Å².